The van der Waals surface area contributed by atoms with Gasteiger partial charge in [-0.05, 0) is 42.0 Å². The number of aromatic nitrogens is 2. The molecule has 0 radical (unpaired) electrons. The van der Waals surface area contributed by atoms with Crippen LogP contribution in [0.5, 0.6) is 0 Å². The van der Waals surface area contributed by atoms with Crippen molar-refractivity contribution in [3.05, 3.63) is 45.9 Å². The van der Waals surface area contributed by atoms with Crippen LogP contribution in [-0.4, -0.2) is 10.2 Å². The standard InChI is InChI=1S/C13H11N3S2/c1-8-2-3-10-7-11(5-4-9(10)6-8)14-12-15-16-13(17)18-12/h2-7H,1H3,(H,14,15)(H,16,17). The van der Waals surface area contributed by atoms with Crippen LogP contribution in [0.2, 0.25) is 0 Å². The summed E-state index contributed by atoms with van der Waals surface area (Å²) in [6.07, 6.45) is 0. The third-order valence-electron chi connectivity index (χ3n) is 2.69. The largest absolute Gasteiger partial charge is 0.330 e. The van der Waals surface area contributed by atoms with Gasteiger partial charge in [0.15, 0.2) is 3.95 Å². The Labute approximate surface area is 113 Å². The normalized spacial score (nSPS) is 10.7. The fourth-order valence-electron chi connectivity index (χ4n) is 1.85. The maximum Gasteiger partial charge on any atom is 0.208 e. The number of rotatable bonds is 2. The fourth-order valence-corrected chi connectivity index (χ4v) is 2.66. The van der Waals surface area contributed by atoms with Crippen LogP contribution in [-0.2, 0) is 0 Å². The lowest BCUT2D eigenvalue weighted by Crippen LogP contribution is -1.89. The molecule has 0 aliphatic rings. The Morgan fingerprint density at radius 2 is 1.94 bits per heavy atom. The maximum atomic E-state index is 5.00. The van der Waals surface area contributed by atoms with E-state index in [1.807, 2.05) is 6.07 Å². The number of aryl methyl sites for hydroxylation is 1. The van der Waals surface area contributed by atoms with Crippen molar-refractivity contribution < 1.29 is 0 Å². The zero-order valence-electron chi connectivity index (χ0n) is 9.73. The van der Waals surface area contributed by atoms with Crippen molar-refractivity contribution in [3.8, 4) is 0 Å². The molecule has 0 amide bonds. The van der Waals surface area contributed by atoms with Gasteiger partial charge in [0, 0.05) is 5.69 Å². The van der Waals surface area contributed by atoms with Crippen LogP contribution < -0.4 is 5.32 Å². The second kappa shape index (κ2) is 4.51. The van der Waals surface area contributed by atoms with E-state index in [4.69, 9.17) is 12.2 Å². The van der Waals surface area contributed by atoms with Gasteiger partial charge in [0.1, 0.15) is 0 Å². The molecule has 2 N–H and O–H groups in total. The molecule has 0 bridgehead atoms. The number of anilines is 2. The molecule has 0 spiro atoms. The second-order valence-electron chi connectivity index (χ2n) is 4.11. The first-order valence-corrected chi connectivity index (χ1v) is 6.76. The summed E-state index contributed by atoms with van der Waals surface area (Å²) in [6, 6.07) is 12.7. The first-order valence-electron chi connectivity index (χ1n) is 5.54. The van der Waals surface area contributed by atoms with Crippen molar-refractivity contribution in [2.75, 3.05) is 5.32 Å². The van der Waals surface area contributed by atoms with Gasteiger partial charge >= 0.3 is 0 Å². The molecule has 90 valence electrons. The molecule has 3 rings (SSSR count). The molecule has 0 unspecified atom stereocenters. The number of fused-ring (bicyclic) bond motifs is 1. The topological polar surface area (TPSA) is 40.7 Å². The Balaban J connectivity index is 1.98. The van der Waals surface area contributed by atoms with E-state index in [1.165, 1.54) is 27.7 Å². The molecular weight excluding hydrogens is 262 g/mol. The molecule has 3 aromatic rings. The van der Waals surface area contributed by atoms with Crippen LogP contribution in [0.4, 0.5) is 10.8 Å². The Morgan fingerprint density at radius 1 is 1.17 bits per heavy atom. The number of hydrogen-bond donors (Lipinski definition) is 2. The lowest BCUT2D eigenvalue weighted by molar-refractivity contribution is 1.08. The van der Waals surface area contributed by atoms with Gasteiger partial charge in [-0.1, -0.05) is 41.2 Å². The van der Waals surface area contributed by atoms with E-state index < -0.39 is 0 Å². The molecule has 1 heterocycles. The lowest BCUT2D eigenvalue weighted by atomic mass is 10.1. The molecule has 1 aromatic heterocycles. The Kier molecular flexibility index (Phi) is 2.85. The highest BCUT2D eigenvalue weighted by atomic mass is 32.1. The number of nitrogens with one attached hydrogen (secondary N) is 2. The van der Waals surface area contributed by atoms with E-state index in [9.17, 15) is 0 Å². The number of nitrogens with zero attached hydrogens (tertiary/aromatic N) is 1. The lowest BCUT2D eigenvalue weighted by Gasteiger charge is -2.04. The average Bonchev–Trinajstić information content (AvgIpc) is 2.75. The molecule has 0 aliphatic heterocycles. The zero-order valence-corrected chi connectivity index (χ0v) is 11.4. The van der Waals surface area contributed by atoms with Gasteiger partial charge in [0.05, 0.1) is 0 Å². The molecule has 18 heavy (non-hydrogen) atoms. The second-order valence-corrected chi connectivity index (χ2v) is 5.77. The van der Waals surface area contributed by atoms with E-state index in [2.05, 4.69) is 52.8 Å². The van der Waals surface area contributed by atoms with Crippen LogP contribution in [0.3, 0.4) is 0 Å². The Bertz CT molecular complexity index is 758. The zero-order chi connectivity index (χ0) is 12.5. The van der Waals surface area contributed by atoms with Gasteiger partial charge < -0.3 is 5.32 Å². The molecule has 2 aromatic carbocycles. The average molecular weight is 273 g/mol. The van der Waals surface area contributed by atoms with E-state index in [-0.39, 0.29) is 0 Å². The van der Waals surface area contributed by atoms with E-state index in [0.717, 1.165) is 10.8 Å². The van der Waals surface area contributed by atoms with E-state index in [1.54, 1.807) is 0 Å². The summed E-state index contributed by atoms with van der Waals surface area (Å²) in [5.74, 6) is 0. The Morgan fingerprint density at radius 3 is 2.72 bits per heavy atom. The highest BCUT2D eigenvalue weighted by molar-refractivity contribution is 7.73. The van der Waals surface area contributed by atoms with Crippen molar-refractivity contribution in [3.63, 3.8) is 0 Å². The molecule has 0 aliphatic carbocycles. The third-order valence-corrected chi connectivity index (χ3v) is 3.69. The first-order chi connectivity index (χ1) is 8.70. The minimum absolute atomic E-state index is 0.675. The van der Waals surface area contributed by atoms with Crippen LogP contribution in [0.15, 0.2) is 36.4 Å². The number of H-pyrrole nitrogens is 1. The van der Waals surface area contributed by atoms with Crippen molar-refractivity contribution >= 4 is 45.1 Å². The predicted molar refractivity (Wildman–Crippen MR) is 79.3 cm³/mol. The SMILES string of the molecule is Cc1ccc2cc(Nc3n[nH]c(=S)s3)ccc2c1. The maximum absolute atomic E-state index is 5.00. The van der Waals surface area contributed by atoms with Gasteiger partial charge in [0.25, 0.3) is 0 Å². The molecular formula is C13H11N3S2. The molecule has 0 fully saturated rings. The highest BCUT2D eigenvalue weighted by Gasteiger charge is 2.00. The molecule has 3 nitrogen and oxygen atoms in total. The molecule has 0 atom stereocenters. The molecule has 0 saturated heterocycles. The van der Waals surface area contributed by atoms with Crippen LogP contribution in [0.1, 0.15) is 5.56 Å². The van der Waals surface area contributed by atoms with Gasteiger partial charge in [-0.2, -0.15) is 0 Å². The van der Waals surface area contributed by atoms with Crippen LogP contribution >= 0.6 is 23.6 Å². The van der Waals surface area contributed by atoms with Gasteiger partial charge in [-0.15, -0.1) is 5.10 Å². The molecule has 0 saturated carbocycles. The van der Waals surface area contributed by atoms with Gasteiger partial charge in [0.2, 0.25) is 5.13 Å². The smallest absolute Gasteiger partial charge is 0.208 e. The van der Waals surface area contributed by atoms with Crippen LogP contribution in [0, 0.1) is 10.9 Å². The third kappa shape index (κ3) is 2.27. The fraction of sp³-hybridized carbons (Fsp3) is 0.0769. The monoisotopic (exact) mass is 273 g/mol. The van der Waals surface area contributed by atoms with E-state index >= 15 is 0 Å². The minimum Gasteiger partial charge on any atom is -0.330 e. The van der Waals surface area contributed by atoms with Crippen molar-refractivity contribution in [2.45, 2.75) is 6.92 Å². The summed E-state index contributed by atoms with van der Waals surface area (Å²) in [5, 5.41) is 13.3. The molecule has 5 heteroatoms. The minimum atomic E-state index is 0.675. The summed E-state index contributed by atoms with van der Waals surface area (Å²) < 4.78 is 0.675. The summed E-state index contributed by atoms with van der Waals surface area (Å²) in [5.41, 5.74) is 2.29. The number of aromatic amines is 1. The van der Waals surface area contributed by atoms with Crippen molar-refractivity contribution in [2.24, 2.45) is 0 Å². The quantitative estimate of drug-likeness (QED) is 0.680. The summed E-state index contributed by atoms with van der Waals surface area (Å²) in [7, 11) is 0. The first kappa shape index (κ1) is 11.4. The summed E-state index contributed by atoms with van der Waals surface area (Å²) in [4.78, 5) is 0. The highest BCUT2D eigenvalue weighted by Crippen LogP contribution is 2.24. The van der Waals surface area contributed by atoms with Crippen LogP contribution in [0.25, 0.3) is 10.8 Å². The van der Waals surface area contributed by atoms with Gasteiger partial charge in [-0.25, -0.2) is 0 Å². The number of hydrogen-bond acceptors (Lipinski definition) is 4. The summed E-state index contributed by atoms with van der Waals surface area (Å²) in [6.45, 7) is 2.10. The number of benzene rings is 2. The Hall–Kier alpha value is -1.72. The van der Waals surface area contributed by atoms with Gasteiger partial charge in [-0.3, -0.25) is 5.10 Å². The van der Waals surface area contributed by atoms with E-state index in [0.29, 0.717) is 3.95 Å². The van der Waals surface area contributed by atoms with Crippen molar-refractivity contribution in [1.29, 1.82) is 0 Å². The van der Waals surface area contributed by atoms with Crippen molar-refractivity contribution in [1.82, 2.24) is 10.2 Å². The predicted octanol–water partition coefficient (Wildman–Crippen LogP) is 4.41. The summed E-state index contributed by atoms with van der Waals surface area (Å²) >= 11 is 6.43.